The molecule has 1 aliphatic rings. The second kappa shape index (κ2) is 32.2. The fourth-order valence-corrected chi connectivity index (χ4v) is 7.31. The van der Waals surface area contributed by atoms with Crippen molar-refractivity contribution in [2.24, 2.45) is 0 Å². The van der Waals surface area contributed by atoms with E-state index in [-0.39, 0.29) is 12.8 Å². The highest BCUT2D eigenvalue weighted by atomic mass is 16.8. The summed E-state index contributed by atoms with van der Waals surface area (Å²) < 4.78 is 17.0. The molecule has 1 rings (SSSR count). The van der Waals surface area contributed by atoms with Crippen molar-refractivity contribution in [3.8, 4) is 0 Å². The molecule has 0 aromatic carbocycles. The largest absolute Gasteiger partial charge is 0.452 e. The van der Waals surface area contributed by atoms with Crippen LogP contribution in [0.5, 0.6) is 0 Å². The van der Waals surface area contributed by atoms with E-state index in [4.69, 9.17) is 14.2 Å². The number of esters is 2. The van der Waals surface area contributed by atoms with Crippen molar-refractivity contribution in [3.05, 3.63) is 0 Å². The fourth-order valence-electron chi connectivity index (χ4n) is 7.31. The molecule has 302 valence electrons. The average Bonchev–Trinajstić information content (AvgIpc) is 3.11. The number of unbranched alkanes of at least 4 members (excludes halogenated alkanes) is 28. The third-order valence-electron chi connectivity index (χ3n) is 10.7. The molecule has 0 aromatic rings. The zero-order valence-electron chi connectivity index (χ0n) is 33.5. The van der Waals surface area contributed by atoms with Gasteiger partial charge >= 0.3 is 11.9 Å². The minimum Gasteiger partial charge on any atom is -0.452 e. The summed E-state index contributed by atoms with van der Waals surface area (Å²) in [6.07, 6.45) is 31.7. The monoisotopic (exact) mass is 727 g/mol. The number of carbonyl (C=O) groups excluding carboxylic acids is 2. The Labute approximate surface area is 313 Å². The van der Waals surface area contributed by atoms with Gasteiger partial charge in [0, 0.05) is 19.8 Å². The van der Waals surface area contributed by atoms with Crippen LogP contribution in [-0.2, 0) is 23.8 Å². The highest BCUT2D eigenvalue weighted by molar-refractivity contribution is 5.71. The first-order chi connectivity index (χ1) is 24.8. The molecule has 1 saturated heterocycles. The number of rotatable bonds is 35. The highest BCUT2D eigenvalue weighted by Gasteiger charge is 2.56. The topological polar surface area (TPSA) is 123 Å². The van der Waals surface area contributed by atoms with Crippen molar-refractivity contribution in [2.75, 3.05) is 6.61 Å². The molecule has 8 heteroatoms. The molecule has 0 aromatic heterocycles. The van der Waals surface area contributed by atoms with Gasteiger partial charge in [0.1, 0.15) is 18.3 Å². The van der Waals surface area contributed by atoms with Crippen molar-refractivity contribution in [1.29, 1.82) is 0 Å². The van der Waals surface area contributed by atoms with Gasteiger partial charge in [-0.05, 0) is 12.8 Å². The van der Waals surface area contributed by atoms with E-state index in [2.05, 4.69) is 13.8 Å². The van der Waals surface area contributed by atoms with Crippen LogP contribution >= 0.6 is 0 Å². The predicted octanol–water partition coefficient (Wildman–Crippen LogP) is 10.8. The van der Waals surface area contributed by atoms with E-state index in [1.54, 1.807) is 0 Å². The number of hydrogen-bond acceptors (Lipinski definition) is 8. The van der Waals surface area contributed by atoms with Gasteiger partial charge < -0.3 is 29.5 Å². The third-order valence-corrected chi connectivity index (χ3v) is 10.7. The van der Waals surface area contributed by atoms with Crippen LogP contribution in [0.15, 0.2) is 0 Å². The molecule has 0 amide bonds. The van der Waals surface area contributed by atoms with E-state index in [0.717, 1.165) is 38.5 Å². The van der Waals surface area contributed by atoms with Gasteiger partial charge in [0.2, 0.25) is 0 Å². The normalized spacial score (nSPS) is 21.9. The molecule has 1 aliphatic heterocycles. The van der Waals surface area contributed by atoms with Crippen LogP contribution in [0.25, 0.3) is 0 Å². The molecule has 1 unspecified atom stereocenters. The Morgan fingerprint density at radius 3 is 1.16 bits per heavy atom. The van der Waals surface area contributed by atoms with Gasteiger partial charge in [0.25, 0.3) is 5.79 Å². The molecule has 0 radical (unpaired) electrons. The summed E-state index contributed by atoms with van der Waals surface area (Å²) in [6.45, 7) is 5.37. The first-order valence-electron chi connectivity index (χ1n) is 21.8. The van der Waals surface area contributed by atoms with Crippen molar-refractivity contribution < 1.29 is 39.1 Å². The van der Waals surface area contributed by atoms with E-state index in [1.165, 1.54) is 148 Å². The van der Waals surface area contributed by atoms with Crippen molar-refractivity contribution in [2.45, 2.75) is 256 Å². The number of aliphatic hydroxyl groups is 3. The van der Waals surface area contributed by atoms with E-state index in [1.807, 2.05) is 0 Å². The molecule has 0 saturated carbocycles. The molecular weight excluding hydrogens is 644 g/mol. The lowest BCUT2D eigenvalue weighted by molar-refractivity contribution is -0.345. The molecule has 0 spiro atoms. The van der Waals surface area contributed by atoms with E-state index >= 15 is 0 Å². The Hall–Kier alpha value is -1.22. The van der Waals surface area contributed by atoms with Crippen LogP contribution in [0.3, 0.4) is 0 Å². The highest BCUT2D eigenvalue weighted by Crippen LogP contribution is 2.34. The Morgan fingerprint density at radius 1 is 0.510 bits per heavy atom. The standard InChI is InChI=1S/C43H82O8/c1-4-6-8-10-12-14-16-18-20-22-24-26-28-30-32-34-38(45)49-42-41(48)40(47)37(36-44)50-43(42,3)51-39(46)35-33-31-29-27-25-23-21-19-17-15-13-11-9-7-5-2/h37,40-42,44,47-48H,4-36H2,1-3H3/t37-,40-,41+,42-,43?/m1/s1. The van der Waals surface area contributed by atoms with E-state index in [9.17, 15) is 24.9 Å². The van der Waals surface area contributed by atoms with Crippen LogP contribution in [-0.4, -0.2) is 64.1 Å². The zero-order valence-corrected chi connectivity index (χ0v) is 33.5. The molecule has 3 N–H and O–H groups in total. The zero-order chi connectivity index (χ0) is 37.4. The first kappa shape index (κ1) is 47.8. The summed E-state index contributed by atoms with van der Waals surface area (Å²) >= 11 is 0. The van der Waals surface area contributed by atoms with Gasteiger partial charge in [-0.2, -0.15) is 0 Å². The predicted molar refractivity (Wildman–Crippen MR) is 207 cm³/mol. The Morgan fingerprint density at radius 2 is 0.824 bits per heavy atom. The van der Waals surface area contributed by atoms with Gasteiger partial charge in [-0.25, -0.2) is 0 Å². The van der Waals surface area contributed by atoms with Crippen LogP contribution < -0.4 is 0 Å². The van der Waals surface area contributed by atoms with Gasteiger partial charge in [-0.1, -0.05) is 194 Å². The average molecular weight is 727 g/mol. The number of ether oxygens (including phenoxy) is 3. The quantitative estimate of drug-likeness (QED) is 0.0436. The molecule has 8 nitrogen and oxygen atoms in total. The molecule has 51 heavy (non-hydrogen) atoms. The van der Waals surface area contributed by atoms with Crippen LogP contribution in [0.2, 0.25) is 0 Å². The van der Waals surface area contributed by atoms with E-state index in [0.29, 0.717) is 12.8 Å². The van der Waals surface area contributed by atoms with Gasteiger partial charge in [0.15, 0.2) is 6.10 Å². The Kier molecular flexibility index (Phi) is 30.2. The number of carbonyl (C=O) groups is 2. The maximum absolute atomic E-state index is 12.8. The molecular formula is C43H82O8. The molecule has 0 aliphatic carbocycles. The van der Waals surface area contributed by atoms with Crippen LogP contribution in [0, 0.1) is 0 Å². The molecule has 1 heterocycles. The second-order valence-electron chi connectivity index (χ2n) is 15.6. The summed E-state index contributed by atoms with van der Waals surface area (Å²) in [5.74, 6) is -2.86. The molecule has 0 bridgehead atoms. The fraction of sp³-hybridized carbons (Fsp3) is 0.953. The van der Waals surface area contributed by atoms with Crippen LogP contribution in [0.1, 0.15) is 226 Å². The summed E-state index contributed by atoms with van der Waals surface area (Å²) in [4.78, 5) is 25.6. The van der Waals surface area contributed by atoms with Crippen molar-refractivity contribution in [3.63, 3.8) is 0 Å². The maximum Gasteiger partial charge on any atom is 0.308 e. The maximum atomic E-state index is 12.8. The summed E-state index contributed by atoms with van der Waals surface area (Å²) in [7, 11) is 0. The summed E-state index contributed by atoms with van der Waals surface area (Å²) in [6, 6.07) is 0. The minimum atomic E-state index is -1.82. The SMILES string of the molecule is CCCCCCCCCCCCCCCCCC(=O)O[C@@H]1[C@@H](O)[C@H](O)[C@@H](CO)OC1(C)OC(=O)CCCCCCCCCCCCCCCCC. The lowest BCUT2D eigenvalue weighted by Crippen LogP contribution is -2.66. The van der Waals surface area contributed by atoms with E-state index < -0.39 is 48.7 Å². The first-order valence-corrected chi connectivity index (χ1v) is 21.8. The van der Waals surface area contributed by atoms with Gasteiger partial charge in [-0.15, -0.1) is 0 Å². The van der Waals surface area contributed by atoms with Crippen LogP contribution in [0.4, 0.5) is 0 Å². The minimum absolute atomic E-state index is 0.171. The Balaban J connectivity index is 2.26. The summed E-state index contributed by atoms with van der Waals surface area (Å²) in [5.41, 5.74) is 0. The smallest absolute Gasteiger partial charge is 0.308 e. The molecule has 5 atom stereocenters. The lowest BCUT2D eigenvalue weighted by Gasteiger charge is -2.47. The second-order valence-corrected chi connectivity index (χ2v) is 15.6. The van der Waals surface area contributed by atoms with Crippen molar-refractivity contribution >= 4 is 11.9 Å². The third kappa shape index (κ3) is 23.9. The van der Waals surface area contributed by atoms with Gasteiger partial charge in [0.05, 0.1) is 6.61 Å². The van der Waals surface area contributed by atoms with Gasteiger partial charge in [-0.3, -0.25) is 9.59 Å². The number of aliphatic hydroxyl groups excluding tert-OH is 3. The molecule has 1 fully saturated rings. The lowest BCUT2D eigenvalue weighted by atomic mass is 9.93. The Bertz CT molecular complexity index is 822. The number of hydrogen-bond donors (Lipinski definition) is 3. The van der Waals surface area contributed by atoms with Crippen molar-refractivity contribution in [1.82, 2.24) is 0 Å². The summed E-state index contributed by atoms with van der Waals surface area (Å²) in [5, 5.41) is 31.1.